The molecule has 4 rings (SSSR count). The molecule has 0 atom stereocenters. The van der Waals surface area contributed by atoms with Gasteiger partial charge in [-0.2, -0.15) is 0 Å². The van der Waals surface area contributed by atoms with Crippen LogP contribution >= 0.6 is 0 Å². The number of imide groups is 1. The van der Waals surface area contributed by atoms with Crippen LogP contribution in [0.3, 0.4) is 0 Å². The summed E-state index contributed by atoms with van der Waals surface area (Å²) in [6, 6.07) is 19.4. The number of nitrogens with zero attached hydrogens (tertiary/aromatic N) is 2. The van der Waals surface area contributed by atoms with E-state index < -0.39 is 0 Å². The molecule has 1 aliphatic heterocycles. The number of anilines is 1. The highest BCUT2D eigenvalue weighted by Gasteiger charge is 2.33. The van der Waals surface area contributed by atoms with Gasteiger partial charge in [0.15, 0.2) is 0 Å². The average Bonchev–Trinajstić information content (AvgIpc) is 2.66. The summed E-state index contributed by atoms with van der Waals surface area (Å²) in [6.45, 7) is 0.382. The number of hydrogen-bond donors (Lipinski definition) is 0. The highest BCUT2D eigenvalue weighted by Crippen LogP contribution is 2.35. The van der Waals surface area contributed by atoms with Crippen molar-refractivity contribution in [3.05, 3.63) is 77.4 Å². The van der Waals surface area contributed by atoms with Crippen LogP contribution in [0.2, 0.25) is 0 Å². The largest absolute Gasteiger partial charge is 0.377 e. The number of rotatable bonds is 4. The molecule has 0 aromatic heterocycles. The fourth-order valence-electron chi connectivity index (χ4n) is 3.61. The van der Waals surface area contributed by atoms with Crippen LogP contribution in [0.15, 0.2) is 60.7 Å². The second-order valence-corrected chi connectivity index (χ2v) is 6.75. The maximum absolute atomic E-state index is 13.0. The lowest BCUT2D eigenvalue weighted by molar-refractivity contribution is 0.0612. The van der Waals surface area contributed by atoms with Crippen LogP contribution in [0.1, 0.15) is 26.3 Å². The molecule has 3 aromatic rings. The molecule has 130 valence electrons. The first-order valence-electron chi connectivity index (χ1n) is 8.71. The molecule has 26 heavy (non-hydrogen) atoms. The van der Waals surface area contributed by atoms with Gasteiger partial charge in [0.1, 0.15) is 0 Å². The SMILES string of the molecule is CN(C)c1ccc2c3c(cccc13)C(=O)N(CCc1ccccc1)C2=O. The number of carbonyl (C=O) groups is 2. The van der Waals surface area contributed by atoms with Gasteiger partial charge >= 0.3 is 0 Å². The predicted molar refractivity (Wildman–Crippen MR) is 104 cm³/mol. The van der Waals surface area contributed by atoms with Crippen molar-refractivity contribution in [3.63, 3.8) is 0 Å². The quantitative estimate of drug-likeness (QED) is 0.677. The van der Waals surface area contributed by atoms with E-state index in [-0.39, 0.29) is 11.8 Å². The summed E-state index contributed by atoms with van der Waals surface area (Å²) in [4.78, 5) is 29.4. The van der Waals surface area contributed by atoms with E-state index in [4.69, 9.17) is 0 Å². The van der Waals surface area contributed by atoms with Gasteiger partial charge in [0.05, 0.1) is 0 Å². The van der Waals surface area contributed by atoms with Gasteiger partial charge in [-0.15, -0.1) is 0 Å². The third-order valence-electron chi connectivity index (χ3n) is 4.92. The van der Waals surface area contributed by atoms with E-state index in [2.05, 4.69) is 0 Å². The van der Waals surface area contributed by atoms with Crippen LogP contribution < -0.4 is 4.90 Å². The molecule has 0 spiro atoms. The Morgan fingerprint density at radius 1 is 0.808 bits per heavy atom. The highest BCUT2D eigenvalue weighted by molar-refractivity contribution is 6.26. The third kappa shape index (κ3) is 2.54. The molecule has 0 unspecified atom stereocenters. The lowest BCUT2D eigenvalue weighted by atomic mass is 9.92. The summed E-state index contributed by atoms with van der Waals surface area (Å²) in [5.41, 5.74) is 3.33. The summed E-state index contributed by atoms with van der Waals surface area (Å²) in [5, 5.41) is 1.71. The topological polar surface area (TPSA) is 40.6 Å². The Hall–Kier alpha value is -3.14. The van der Waals surface area contributed by atoms with Crippen LogP contribution in [0.4, 0.5) is 5.69 Å². The molecule has 4 nitrogen and oxygen atoms in total. The van der Waals surface area contributed by atoms with E-state index in [0.717, 1.165) is 22.0 Å². The van der Waals surface area contributed by atoms with Crippen LogP contribution in [-0.4, -0.2) is 37.4 Å². The van der Waals surface area contributed by atoms with Gasteiger partial charge in [-0.3, -0.25) is 14.5 Å². The molecular formula is C22H20N2O2. The monoisotopic (exact) mass is 344 g/mol. The minimum absolute atomic E-state index is 0.208. The Morgan fingerprint density at radius 2 is 1.50 bits per heavy atom. The molecule has 0 saturated heterocycles. The normalized spacial score (nSPS) is 13.4. The highest BCUT2D eigenvalue weighted by atomic mass is 16.2. The van der Waals surface area contributed by atoms with Gasteiger partial charge in [-0.25, -0.2) is 0 Å². The minimum atomic E-state index is -0.208. The molecule has 0 radical (unpaired) electrons. The molecule has 0 bridgehead atoms. The van der Waals surface area contributed by atoms with Crippen LogP contribution in [0, 0.1) is 0 Å². The van der Waals surface area contributed by atoms with Gasteiger partial charge in [0.2, 0.25) is 0 Å². The molecule has 0 saturated carbocycles. The second kappa shape index (κ2) is 6.30. The fraction of sp³-hybridized carbons (Fsp3) is 0.182. The maximum Gasteiger partial charge on any atom is 0.261 e. The maximum atomic E-state index is 13.0. The first-order valence-corrected chi connectivity index (χ1v) is 8.71. The standard InChI is InChI=1S/C22H20N2O2/c1-23(2)19-12-11-18-20-16(19)9-6-10-17(20)21(25)24(22(18)26)14-13-15-7-4-3-5-8-15/h3-12H,13-14H2,1-2H3. The van der Waals surface area contributed by atoms with E-state index >= 15 is 0 Å². The summed E-state index contributed by atoms with van der Waals surface area (Å²) < 4.78 is 0. The molecule has 1 heterocycles. The minimum Gasteiger partial charge on any atom is -0.377 e. The van der Waals surface area contributed by atoms with Gasteiger partial charge in [0, 0.05) is 48.2 Å². The number of carbonyl (C=O) groups excluding carboxylic acids is 2. The Labute approximate surface area is 152 Å². The molecule has 0 N–H and O–H groups in total. The Morgan fingerprint density at radius 3 is 2.19 bits per heavy atom. The van der Waals surface area contributed by atoms with Gasteiger partial charge in [0.25, 0.3) is 11.8 Å². The van der Waals surface area contributed by atoms with E-state index in [1.54, 1.807) is 0 Å². The summed E-state index contributed by atoms with van der Waals surface area (Å²) in [5.74, 6) is -0.417. The number of benzene rings is 3. The van der Waals surface area contributed by atoms with Gasteiger partial charge in [-0.1, -0.05) is 42.5 Å². The van der Waals surface area contributed by atoms with Gasteiger partial charge < -0.3 is 4.90 Å². The van der Waals surface area contributed by atoms with Crippen LogP contribution in [-0.2, 0) is 6.42 Å². The van der Waals surface area contributed by atoms with Crippen molar-refractivity contribution in [1.29, 1.82) is 0 Å². The van der Waals surface area contributed by atoms with Gasteiger partial charge in [-0.05, 0) is 30.2 Å². The summed E-state index contributed by atoms with van der Waals surface area (Å²) in [7, 11) is 3.92. The molecule has 0 aliphatic carbocycles. The number of hydrogen-bond acceptors (Lipinski definition) is 3. The Kier molecular flexibility index (Phi) is 3.96. The van der Waals surface area contributed by atoms with Crippen LogP contribution in [0.25, 0.3) is 10.8 Å². The lowest BCUT2D eigenvalue weighted by Gasteiger charge is -2.28. The lowest BCUT2D eigenvalue weighted by Crippen LogP contribution is -2.41. The first-order chi connectivity index (χ1) is 12.6. The average molecular weight is 344 g/mol. The van der Waals surface area contributed by atoms with Crippen LogP contribution in [0.5, 0.6) is 0 Å². The van der Waals surface area contributed by atoms with E-state index in [9.17, 15) is 9.59 Å². The molecule has 4 heteroatoms. The van der Waals surface area contributed by atoms with Crippen molar-refractivity contribution in [2.24, 2.45) is 0 Å². The zero-order chi connectivity index (χ0) is 18.3. The zero-order valence-corrected chi connectivity index (χ0v) is 14.9. The Balaban J connectivity index is 1.75. The number of amides is 2. The molecular weight excluding hydrogens is 324 g/mol. The van der Waals surface area contributed by atoms with E-state index in [1.807, 2.05) is 79.7 Å². The first kappa shape index (κ1) is 16.3. The van der Waals surface area contributed by atoms with E-state index in [0.29, 0.717) is 24.1 Å². The predicted octanol–water partition coefficient (Wildman–Crippen LogP) is 3.74. The van der Waals surface area contributed by atoms with E-state index in [1.165, 1.54) is 4.90 Å². The van der Waals surface area contributed by atoms with Crippen molar-refractivity contribution in [3.8, 4) is 0 Å². The summed E-state index contributed by atoms with van der Waals surface area (Å²) >= 11 is 0. The van der Waals surface area contributed by atoms with Crippen molar-refractivity contribution < 1.29 is 9.59 Å². The summed E-state index contributed by atoms with van der Waals surface area (Å²) in [6.07, 6.45) is 0.652. The third-order valence-corrected chi connectivity index (χ3v) is 4.92. The van der Waals surface area contributed by atoms with Crippen molar-refractivity contribution in [1.82, 2.24) is 4.90 Å². The van der Waals surface area contributed by atoms with Crippen molar-refractivity contribution in [2.75, 3.05) is 25.5 Å². The van der Waals surface area contributed by atoms with Crippen molar-refractivity contribution in [2.45, 2.75) is 6.42 Å². The fourth-order valence-corrected chi connectivity index (χ4v) is 3.61. The molecule has 3 aromatic carbocycles. The molecule has 2 amide bonds. The zero-order valence-electron chi connectivity index (χ0n) is 14.9. The van der Waals surface area contributed by atoms with Crippen molar-refractivity contribution >= 4 is 28.3 Å². The second-order valence-electron chi connectivity index (χ2n) is 6.75. The Bertz CT molecular complexity index is 987. The molecule has 1 aliphatic rings. The molecule has 0 fully saturated rings. The smallest absolute Gasteiger partial charge is 0.261 e.